The lowest BCUT2D eigenvalue weighted by Crippen LogP contribution is -2.34. The highest BCUT2D eigenvalue weighted by Crippen LogP contribution is 2.23. The van der Waals surface area contributed by atoms with E-state index in [1.807, 2.05) is 12.1 Å². The van der Waals surface area contributed by atoms with Gasteiger partial charge in [0.2, 0.25) is 0 Å². The maximum Gasteiger partial charge on any atom is 0.0486 e. The second kappa shape index (κ2) is 6.38. The molecule has 0 aliphatic heterocycles. The zero-order valence-electron chi connectivity index (χ0n) is 13.9. The van der Waals surface area contributed by atoms with Gasteiger partial charge in [0.25, 0.3) is 0 Å². The summed E-state index contributed by atoms with van der Waals surface area (Å²) >= 11 is 5.98. The maximum absolute atomic E-state index is 5.98. The van der Waals surface area contributed by atoms with Crippen molar-refractivity contribution in [3.8, 4) is 0 Å². The third-order valence-electron chi connectivity index (χ3n) is 3.95. The molecule has 0 aliphatic carbocycles. The van der Waals surface area contributed by atoms with E-state index in [1.165, 1.54) is 22.0 Å². The fourth-order valence-corrected chi connectivity index (χ4v) is 2.87. The van der Waals surface area contributed by atoms with Gasteiger partial charge >= 0.3 is 0 Å². The highest BCUT2D eigenvalue weighted by Gasteiger charge is 2.12. The number of hydrogen-bond acceptors (Lipinski definition) is 1. The number of hydrogen-bond donors (Lipinski definition) is 1. The summed E-state index contributed by atoms with van der Waals surface area (Å²) in [7, 11) is 0. The fraction of sp³-hybridized carbons (Fsp3) is 0.300. The van der Waals surface area contributed by atoms with Gasteiger partial charge in [-0.2, -0.15) is 0 Å². The molecule has 2 nitrogen and oxygen atoms in total. The van der Waals surface area contributed by atoms with Gasteiger partial charge in [0.1, 0.15) is 0 Å². The van der Waals surface area contributed by atoms with E-state index in [4.69, 9.17) is 11.6 Å². The van der Waals surface area contributed by atoms with Crippen molar-refractivity contribution in [3.05, 3.63) is 70.9 Å². The molecule has 0 saturated carbocycles. The SMILES string of the molecule is CC(C)(C)NCc1cn(Cc2ccc(Cl)cc2)c2ccccc12. The van der Waals surface area contributed by atoms with Crippen molar-refractivity contribution in [2.45, 2.75) is 39.4 Å². The third kappa shape index (κ3) is 3.95. The molecule has 0 aliphatic rings. The molecule has 1 aromatic heterocycles. The van der Waals surface area contributed by atoms with Gasteiger partial charge in [-0.25, -0.2) is 0 Å². The molecule has 2 aromatic carbocycles. The minimum atomic E-state index is 0.110. The van der Waals surface area contributed by atoms with Gasteiger partial charge in [-0.15, -0.1) is 0 Å². The molecule has 1 heterocycles. The largest absolute Gasteiger partial charge is 0.343 e. The highest BCUT2D eigenvalue weighted by molar-refractivity contribution is 6.30. The number of halogens is 1. The molecule has 3 heteroatoms. The molecule has 0 radical (unpaired) electrons. The summed E-state index contributed by atoms with van der Waals surface area (Å²) in [5, 5.41) is 5.68. The normalized spacial score (nSPS) is 12.0. The Morgan fingerprint density at radius 1 is 1.00 bits per heavy atom. The smallest absolute Gasteiger partial charge is 0.0486 e. The summed E-state index contributed by atoms with van der Waals surface area (Å²) in [5.74, 6) is 0. The van der Waals surface area contributed by atoms with Gasteiger partial charge in [0.05, 0.1) is 0 Å². The molecule has 0 spiro atoms. The van der Waals surface area contributed by atoms with Crippen LogP contribution in [0, 0.1) is 0 Å². The van der Waals surface area contributed by atoms with Crippen molar-refractivity contribution in [1.82, 2.24) is 9.88 Å². The topological polar surface area (TPSA) is 17.0 Å². The quantitative estimate of drug-likeness (QED) is 0.694. The fourth-order valence-electron chi connectivity index (χ4n) is 2.74. The molecule has 23 heavy (non-hydrogen) atoms. The molecule has 0 fully saturated rings. The molecule has 1 N–H and O–H groups in total. The molecule has 0 unspecified atom stereocenters. The Labute approximate surface area is 143 Å². The van der Waals surface area contributed by atoms with E-state index in [9.17, 15) is 0 Å². The molecular formula is C20H23ClN2. The lowest BCUT2D eigenvalue weighted by atomic mass is 10.1. The first-order valence-electron chi connectivity index (χ1n) is 7.99. The molecule has 3 aromatic rings. The number of fused-ring (bicyclic) bond motifs is 1. The van der Waals surface area contributed by atoms with Crippen LogP contribution in [0.4, 0.5) is 0 Å². The lowest BCUT2D eigenvalue weighted by molar-refractivity contribution is 0.425. The summed E-state index contributed by atoms with van der Waals surface area (Å²) in [6.07, 6.45) is 2.26. The van der Waals surface area contributed by atoms with E-state index in [0.717, 1.165) is 18.1 Å². The van der Waals surface area contributed by atoms with Crippen LogP contribution in [0.1, 0.15) is 31.9 Å². The van der Waals surface area contributed by atoms with E-state index < -0.39 is 0 Å². The van der Waals surface area contributed by atoms with Gasteiger partial charge in [-0.3, -0.25) is 0 Å². The molecule has 3 rings (SSSR count). The van der Waals surface area contributed by atoms with Crippen LogP contribution >= 0.6 is 11.6 Å². The van der Waals surface area contributed by atoms with E-state index >= 15 is 0 Å². The van der Waals surface area contributed by atoms with Gasteiger partial charge < -0.3 is 9.88 Å². The minimum Gasteiger partial charge on any atom is -0.343 e. The highest BCUT2D eigenvalue weighted by atomic mass is 35.5. The van der Waals surface area contributed by atoms with Crippen molar-refractivity contribution in [3.63, 3.8) is 0 Å². The average Bonchev–Trinajstić information content (AvgIpc) is 2.85. The summed E-state index contributed by atoms with van der Waals surface area (Å²) in [4.78, 5) is 0. The van der Waals surface area contributed by atoms with Crippen LogP contribution in [0.5, 0.6) is 0 Å². The maximum atomic E-state index is 5.98. The van der Waals surface area contributed by atoms with Crippen LogP contribution in [0.3, 0.4) is 0 Å². The van der Waals surface area contributed by atoms with Crippen molar-refractivity contribution < 1.29 is 0 Å². The van der Waals surface area contributed by atoms with Crippen LogP contribution in [-0.4, -0.2) is 10.1 Å². The molecule has 0 bridgehead atoms. The number of nitrogens with zero attached hydrogens (tertiary/aromatic N) is 1. The van der Waals surface area contributed by atoms with Crippen LogP contribution in [0.2, 0.25) is 5.02 Å². The summed E-state index contributed by atoms with van der Waals surface area (Å²) in [6.45, 7) is 8.31. The molecule has 0 amide bonds. The summed E-state index contributed by atoms with van der Waals surface area (Å²) < 4.78 is 2.32. The Balaban J connectivity index is 1.92. The zero-order valence-corrected chi connectivity index (χ0v) is 14.7. The van der Waals surface area contributed by atoms with Crippen molar-refractivity contribution >= 4 is 22.5 Å². The van der Waals surface area contributed by atoms with Crippen molar-refractivity contribution in [1.29, 1.82) is 0 Å². The zero-order chi connectivity index (χ0) is 16.4. The number of para-hydroxylation sites is 1. The van der Waals surface area contributed by atoms with E-state index in [2.05, 4.69) is 73.3 Å². The Morgan fingerprint density at radius 2 is 1.70 bits per heavy atom. The Kier molecular flexibility index (Phi) is 4.47. The van der Waals surface area contributed by atoms with E-state index in [1.54, 1.807) is 0 Å². The van der Waals surface area contributed by atoms with E-state index in [0.29, 0.717) is 0 Å². The minimum absolute atomic E-state index is 0.110. The predicted molar refractivity (Wildman–Crippen MR) is 99.1 cm³/mol. The van der Waals surface area contributed by atoms with Crippen LogP contribution in [0.25, 0.3) is 10.9 Å². The standard InChI is InChI=1S/C20H23ClN2/c1-20(2,3)22-12-16-14-23(19-7-5-4-6-18(16)19)13-15-8-10-17(21)11-9-15/h4-11,14,22H,12-13H2,1-3H3. The van der Waals surface area contributed by atoms with Gasteiger partial charge in [0.15, 0.2) is 0 Å². The first kappa shape index (κ1) is 16.1. The molecule has 0 atom stereocenters. The third-order valence-corrected chi connectivity index (χ3v) is 4.20. The number of aromatic nitrogens is 1. The monoisotopic (exact) mass is 326 g/mol. The molecule has 0 saturated heterocycles. The van der Waals surface area contributed by atoms with Crippen LogP contribution in [-0.2, 0) is 13.1 Å². The van der Waals surface area contributed by atoms with Gasteiger partial charge in [-0.05, 0) is 50.1 Å². The predicted octanol–water partition coefficient (Wildman–Crippen LogP) is 5.23. The first-order valence-corrected chi connectivity index (χ1v) is 8.36. The number of benzene rings is 2. The van der Waals surface area contributed by atoms with Gasteiger partial charge in [-0.1, -0.05) is 41.9 Å². The summed E-state index contributed by atoms with van der Waals surface area (Å²) in [5.41, 5.74) is 3.97. The Morgan fingerprint density at radius 3 is 2.39 bits per heavy atom. The lowest BCUT2D eigenvalue weighted by Gasteiger charge is -2.20. The Hall–Kier alpha value is -1.77. The second-order valence-electron chi connectivity index (χ2n) is 7.03. The average molecular weight is 327 g/mol. The second-order valence-corrected chi connectivity index (χ2v) is 7.47. The van der Waals surface area contributed by atoms with Gasteiger partial charge in [0, 0.05) is 40.8 Å². The number of nitrogens with one attached hydrogen (secondary N) is 1. The summed E-state index contributed by atoms with van der Waals surface area (Å²) in [6, 6.07) is 16.7. The van der Waals surface area contributed by atoms with Crippen LogP contribution < -0.4 is 5.32 Å². The van der Waals surface area contributed by atoms with Crippen molar-refractivity contribution in [2.24, 2.45) is 0 Å². The Bertz CT molecular complexity index is 795. The van der Waals surface area contributed by atoms with E-state index in [-0.39, 0.29) is 5.54 Å². The van der Waals surface area contributed by atoms with Crippen molar-refractivity contribution in [2.75, 3.05) is 0 Å². The number of rotatable bonds is 4. The molecule has 120 valence electrons. The first-order chi connectivity index (χ1) is 10.9. The van der Waals surface area contributed by atoms with Crippen LogP contribution in [0.15, 0.2) is 54.7 Å². The molecular weight excluding hydrogens is 304 g/mol.